The predicted molar refractivity (Wildman–Crippen MR) is 113 cm³/mol. The standard InChI is InChI=1S/C26H32O2/c1-4-25-12-18-11-20(14-25)24(19-5-7-22(27)16(2)9-19)26(13-18,15-25)21-6-8-23(28)17(3)10-21/h5-10,18,20,24,27-28H,4,11-15H2,1-3H3. The maximum absolute atomic E-state index is 10.1. The molecule has 4 saturated carbocycles. The zero-order chi connectivity index (χ0) is 19.7. The van der Waals surface area contributed by atoms with Crippen LogP contribution in [0.2, 0.25) is 0 Å². The third-order valence-corrected chi connectivity index (χ3v) is 8.56. The fourth-order valence-electron chi connectivity index (χ4n) is 7.59. The summed E-state index contributed by atoms with van der Waals surface area (Å²) in [5.41, 5.74) is 5.43. The number of rotatable bonds is 3. The van der Waals surface area contributed by atoms with Gasteiger partial charge in [-0.15, -0.1) is 0 Å². The average molecular weight is 377 g/mol. The Labute approximate surface area is 168 Å². The summed E-state index contributed by atoms with van der Waals surface area (Å²) in [6.07, 6.45) is 7.91. The third kappa shape index (κ3) is 2.46. The second kappa shape index (κ2) is 6.02. The van der Waals surface area contributed by atoms with E-state index in [4.69, 9.17) is 0 Å². The Bertz CT molecular complexity index is 932. The van der Waals surface area contributed by atoms with E-state index in [0.29, 0.717) is 22.8 Å². The van der Waals surface area contributed by atoms with E-state index in [1.807, 2.05) is 26.0 Å². The monoisotopic (exact) mass is 376 g/mol. The van der Waals surface area contributed by atoms with Crippen LogP contribution in [0.1, 0.15) is 73.6 Å². The van der Waals surface area contributed by atoms with Gasteiger partial charge in [-0.05, 0) is 104 Å². The first-order valence-corrected chi connectivity index (χ1v) is 11.0. The van der Waals surface area contributed by atoms with E-state index in [0.717, 1.165) is 23.0 Å². The summed E-state index contributed by atoms with van der Waals surface area (Å²) >= 11 is 0. The lowest BCUT2D eigenvalue weighted by atomic mass is 9.38. The van der Waals surface area contributed by atoms with Gasteiger partial charge in [-0.3, -0.25) is 0 Å². The number of benzene rings is 2. The molecule has 2 aromatic carbocycles. The van der Waals surface area contributed by atoms with Crippen LogP contribution in [0.25, 0.3) is 0 Å². The molecule has 0 radical (unpaired) electrons. The number of phenols is 2. The molecule has 4 bridgehead atoms. The molecule has 148 valence electrons. The number of aryl methyl sites for hydroxylation is 2. The lowest BCUT2D eigenvalue weighted by Gasteiger charge is -2.66. The molecule has 0 saturated heterocycles. The van der Waals surface area contributed by atoms with Gasteiger partial charge in [0.1, 0.15) is 11.5 Å². The topological polar surface area (TPSA) is 40.5 Å². The lowest BCUT2D eigenvalue weighted by Crippen LogP contribution is -2.58. The SMILES string of the molecule is CCC12CC3CC(C1)C(c1ccc(O)c(C)c1)C(c1ccc(O)c(C)c1)(C3)C2. The minimum absolute atomic E-state index is 0.155. The van der Waals surface area contributed by atoms with Gasteiger partial charge in [0.25, 0.3) is 0 Å². The highest BCUT2D eigenvalue weighted by atomic mass is 16.3. The summed E-state index contributed by atoms with van der Waals surface area (Å²) in [4.78, 5) is 0. The highest BCUT2D eigenvalue weighted by Crippen LogP contribution is 2.71. The molecule has 0 spiro atoms. The Hall–Kier alpha value is -1.96. The molecule has 5 unspecified atom stereocenters. The molecule has 4 fully saturated rings. The van der Waals surface area contributed by atoms with Crippen LogP contribution < -0.4 is 0 Å². The van der Waals surface area contributed by atoms with Gasteiger partial charge in [-0.2, -0.15) is 0 Å². The van der Waals surface area contributed by atoms with Gasteiger partial charge in [0.2, 0.25) is 0 Å². The Morgan fingerprint density at radius 1 is 0.929 bits per heavy atom. The third-order valence-electron chi connectivity index (χ3n) is 8.56. The number of hydrogen-bond acceptors (Lipinski definition) is 2. The van der Waals surface area contributed by atoms with Crippen molar-refractivity contribution in [3.63, 3.8) is 0 Å². The lowest BCUT2D eigenvalue weighted by molar-refractivity contribution is -0.0911. The van der Waals surface area contributed by atoms with Crippen molar-refractivity contribution >= 4 is 0 Å². The van der Waals surface area contributed by atoms with E-state index in [2.05, 4.69) is 31.2 Å². The van der Waals surface area contributed by atoms with Crippen molar-refractivity contribution < 1.29 is 10.2 Å². The van der Waals surface area contributed by atoms with Crippen molar-refractivity contribution in [3.8, 4) is 11.5 Å². The quantitative estimate of drug-likeness (QED) is 0.654. The Balaban J connectivity index is 1.70. The minimum Gasteiger partial charge on any atom is -0.508 e. The molecule has 6 rings (SSSR count). The van der Waals surface area contributed by atoms with Crippen molar-refractivity contribution in [2.75, 3.05) is 0 Å². The second-order valence-corrected chi connectivity index (χ2v) is 10.2. The minimum atomic E-state index is 0.155. The van der Waals surface area contributed by atoms with E-state index in [9.17, 15) is 10.2 Å². The second-order valence-electron chi connectivity index (χ2n) is 10.2. The van der Waals surface area contributed by atoms with Gasteiger partial charge < -0.3 is 10.2 Å². The highest BCUT2D eigenvalue weighted by molar-refractivity contribution is 5.46. The van der Waals surface area contributed by atoms with Gasteiger partial charge in [0, 0.05) is 5.41 Å². The fourth-order valence-corrected chi connectivity index (χ4v) is 7.59. The van der Waals surface area contributed by atoms with Gasteiger partial charge >= 0.3 is 0 Å². The summed E-state index contributed by atoms with van der Waals surface area (Å²) in [6.45, 7) is 6.43. The molecule has 2 heteroatoms. The normalized spacial score (nSPS) is 36.0. The summed E-state index contributed by atoms with van der Waals surface area (Å²) in [6, 6.07) is 12.6. The molecule has 28 heavy (non-hydrogen) atoms. The number of hydrogen-bond donors (Lipinski definition) is 2. The predicted octanol–water partition coefficient (Wildman–Crippen LogP) is 6.36. The molecule has 0 aliphatic heterocycles. The maximum Gasteiger partial charge on any atom is 0.118 e. The summed E-state index contributed by atoms with van der Waals surface area (Å²) in [5, 5.41) is 20.2. The molecule has 5 atom stereocenters. The summed E-state index contributed by atoms with van der Waals surface area (Å²) < 4.78 is 0. The van der Waals surface area contributed by atoms with Crippen molar-refractivity contribution in [2.24, 2.45) is 17.3 Å². The molecule has 2 nitrogen and oxygen atoms in total. The Morgan fingerprint density at radius 2 is 1.64 bits per heavy atom. The summed E-state index contributed by atoms with van der Waals surface area (Å²) in [7, 11) is 0. The molecule has 0 aromatic heterocycles. The van der Waals surface area contributed by atoms with Gasteiger partial charge in [0.05, 0.1) is 0 Å². The number of phenolic OH excluding ortho intramolecular Hbond substituents is 2. The Kier molecular flexibility index (Phi) is 3.89. The summed E-state index contributed by atoms with van der Waals surface area (Å²) in [5.74, 6) is 2.85. The molecule has 4 aliphatic carbocycles. The fraction of sp³-hybridized carbons (Fsp3) is 0.538. The molecular weight excluding hydrogens is 344 g/mol. The first kappa shape index (κ1) is 18.1. The zero-order valence-corrected chi connectivity index (χ0v) is 17.3. The van der Waals surface area contributed by atoms with E-state index in [1.165, 1.54) is 49.7 Å². The first-order chi connectivity index (χ1) is 13.4. The van der Waals surface area contributed by atoms with Crippen LogP contribution in [-0.4, -0.2) is 10.2 Å². The molecular formula is C26H32O2. The van der Waals surface area contributed by atoms with Crippen LogP contribution in [0.5, 0.6) is 11.5 Å². The van der Waals surface area contributed by atoms with Crippen molar-refractivity contribution in [1.82, 2.24) is 0 Å². The molecule has 0 heterocycles. The van der Waals surface area contributed by atoms with E-state index in [1.54, 1.807) is 0 Å². The number of aromatic hydroxyl groups is 2. The average Bonchev–Trinajstić information content (AvgIpc) is 2.66. The van der Waals surface area contributed by atoms with Crippen LogP contribution in [0, 0.1) is 31.1 Å². The molecule has 4 aliphatic rings. The smallest absolute Gasteiger partial charge is 0.118 e. The Morgan fingerprint density at radius 3 is 2.32 bits per heavy atom. The van der Waals surface area contributed by atoms with Gasteiger partial charge in [0.15, 0.2) is 0 Å². The van der Waals surface area contributed by atoms with Crippen LogP contribution in [0.3, 0.4) is 0 Å². The molecule has 2 aromatic rings. The van der Waals surface area contributed by atoms with E-state index in [-0.39, 0.29) is 5.41 Å². The largest absolute Gasteiger partial charge is 0.508 e. The van der Waals surface area contributed by atoms with Crippen molar-refractivity contribution in [3.05, 3.63) is 58.7 Å². The van der Waals surface area contributed by atoms with Gasteiger partial charge in [-0.1, -0.05) is 37.6 Å². The van der Waals surface area contributed by atoms with Crippen LogP contribution in [0.4, 0.5) is 0 Å². The maximum atomic E-state index is 10.1. The van der Waals surface area contributed by atoms with Gasteiger partial charge in [-0.25, -0.2) is 0 Å². The van der Waals surface area contributed by atoms with Crippen LogP contribution >= 0.6 is 0 Å². The van der Waals surface area contributed by atoms with Crippen LogP contribution in [0.15, 0.2) is 36.4 Å². The van der Waals surface area contributed by atoms with E-state index >= 15 is 0 Å². The zero-order valence-electron chi connectivity index (χ0n) is 17.3. The van der Waals surface area contributed by atoms with Crippen molar-refractivity contribution in [1.29, 1.82) is 0 Å². The van der Waals surface area contributed by atoms with Crippen molar-refractivity contribution in [2.45, 2.75) is 70.6 Å². The highest BCUT2D eigenvalue weighted by Gasteiger charge is 2.62. The van der Waals surface area contributed by atoms with Crippen LogP contribution in [-0.2, 0) is 5.41 Å². The molecule has 0 amide bonds. The first-order valence-electron chi connectivity index (χ1n) is 11.0. The molecule has 2 N–H and O–H groups in total. The van der Waals surface area contributed by atoms with E-state index < -0.39 is 0 Å².